The fraction of sp³-hybridized carbons (Fsp3) is 0.0833. The Morgan fingerprint density at radius 1 is 1.22 bits per heavy atom. The van der Waals surface area contributed by atoms with Crippen molar-refractivity contribution in [1.29, 1.82) is 5.26 Å². The fourth-order valence-corrected chi connectivity index (χ4v) is 1.33. The van der Waals surface area contributed by atoms with E-state index in [9.17, 15) is 8.78 Å². The summed E-state index contributed by atoms with van der Waals surface area (Å²) in [4.78, 5) is 7.73. The first-order chi connectivity index (χ1) is 8.69. The van der Waals surface area contributed by atoms with E-state index < -0.39 is 11.6 Å². The van der Waals surface area contributed by atoms with Gasteiger partial charge in [-0.25, -0.2) is 18.7 Å². The Balaban J connectivity index is 2.04. The largest absolute Gasteiger partial charge is 0.365 e. The topological polar surface area (TPSA) is 61.6 Å². The van der Waals surface area contributed by atoms with Gasteiger partial charge < -0.3 is 5.32 Å². The smallest absolute Gasteiger partial charge is 0.158 e. The second-order valence-electron chi connectivity index (χ2n) is 3.49. The van der Waals surface area contributed by atoms with E-state index in [1.165, 1.54) is 24.5 Å². The lowest BCUT2D eigenvalue weighted by Gasteiger charge is -2.06. The molecule has 1 aromatic carbocycles. The summed E-state index contributed by atoms with van der Waals surface area (Å²) in [6.07, 6.45) is 2.68. The number of hydrogen-bond donors (Lipinski definition) is 1. The van der Waals surface area contributed by atoms with E-state index in [-0.39, 0.29) is 12.2 Å². The highest BCUT2D eigenvalue weighted by Gasteiger charge is 2.04. The first kappa shape index (κ1) is 11.9. The zero-order chi connectivity index (χ0) is 13.0. The van der Waals surface area contributed by atoms with Crippen LogP contribution in [0.5, 0.6) is 0 Å². The van der Waals surface area contributed by atoms with Gasteiger partial charge >= 0.3 is 0 Å². The second-order valence-corrected chi connectivity index (χ2v) is 3.49. The van der Waals surface area contributed by atoms with Crippen molar-refractivity contribution in [3.05, 3.63) is 53.5 Å². The van der Waals surface area contributed by atoms with Gasteiger partial charge in [0.25, 0.3) is 0 Å². The molecule has 1 aromatic heterocycles. The molecule has 2 aromatic rings. The Labute approximate surface area is 102 Å². The summed E-state index contributed by atoms with van der Waals surface area (Å²) in [5, 5.41) is 11.4. The molecular weight excluding hydrogens is 238 g/mol. The zero-order valence-electron chi connectivity index (χ0n) is 9.19. The summed E-state index contributed by atoms with van der Waals surface area (Å²) in [5.74, 6) is -0.823. The quantitative estimate of drug-likeness (QED) is 0.902. The third-order valence-corrected chi connectivity index (χ3v) is 2.24. The number of halogens is 2. The molecule has 0 saturated carbocycles. The van der Waals surface area contributed by atoms with Gasteiger partial charge in [-0.1, -0.05) is 6.07 Å². The van der Waals surface area contributed by atoms with Crippen LogP contribution in [-0.2, 0) is 6.54 Å². The van der Waals surface area contributed by atoms with Crippen LogP contribution in [0.15, 0.2) is 30.6 Å². The minimum Gasteiger partial charge on any atom is -0.365 e. The van der Waals surface area contributed by atoms with E-state index in [1.54, 1.807) is 0 Å². The van der Waals surface area contributed by atoms with Crippen molar-refractivity contribution >= 4 is 5.82 Å². The lowest BCUT2D eigenvalue weighted by Crippen LogP contribution is -2.04. The molecule has 6 heteroatoms. The van der Waals surface area contributed by atoms with Crippen molar-refractivity contribution in [3.63, 3.8) is 0 Å². The van der Waals surface area contributed by atoms with Crippen molar-refractivity contribution in [2.24, 2.45) is 0 Å². The van der Waals surface area contributed by atoms with Crippen molar-refractivity contribution in [1.82, 2.24) is 9.97 Å². The average molecular weight is 246 g/mol. The highest BCUT2D eigenvalue weighted by molar-refractivity contribution is 5.34. The molecule has 0 saturated heterocycles. The summed E-state index contributed by atoms with van der Waals surface area (Å²) in [6, 6.07) is 5.20. The second kappa shape index (κ2) is 5.19. The normalized spacial score (nSPS) is 9.83. The Kier molecular flexibility index (Phi) is 3.44. The average Bonchev–Trinajstić information content (AvgIpc) is 2.38. The Morgan fingerprint density at radius 3 is 2.67 bits per heavy atom. The first-order valence-electron chi connectivity index (χ1n) is 5.09. The number of nitriles is 1. The van der Waals surface area contributed by atoms with Crippen molar-refractivity contribution in [3.8, 4) is 6.07 Å². The number of nitrogens with zero attached hydrogens (tertiary/aromatic N) is 3. The monoisotopic (exact) mass is 246 g/mol. The van der Waals surface area contributed by atoms with Gasteiger partial charge in [-0.3, -0.25) is 0 Å². The predicted octanol–water partition coefficient (Wildman–Crippen LogP) is 2.24. The van der Waals surface area contributed by atoms with Gasteiger partial charge in [-0.2, -0.15) is 5.26 Å². The molecule has 0 radical (unpaired) electrons. The number of nitrogens with one attached hydrogen (secondary N) is 1. The van der Waals surface area contributed by atoms with Crippen LogP contribution in [0.25, 0.3) is 0 Å². The molecule has 0 unspecified atom stereocenters. The van der Waals surface area contributed by atoms with E-state index in [2.05, 4.69) is 15.3 Å². The fourth-order valence-electron chi connectivity index (χ4n) is 1.33. The summed E-state index contributed by atoms with van der Waals surface area (Å²) < 4.78 is 26.0. The molecule has 90 valence electrons. The van der Waals surface area contributed by atoms with Crippen molar-refractivity contribution < 1.29 is 8.78 Å². The van der Waals surface area contributed by atoms with Crippen LogP contribution in [0.2, 0.25) is 0 Å². The minimum atomic E-state index is -0.621. The van der Waals surface area contributed by atoms with E-state index in [0.29, 0.717) is 11.4 Å². The third-order valence-electron chi connectivity index (χ3n) is 2.24. The molecule has 0 aliphatic carbocycles. The zero-order valence-corrected chi connectivity index (χ0v) is 9.19. The Hall–Kier alpha value is -2.55. The molecule has 0 fully saturated rings. The standard InChI is InChI=1S/C12H8F2N4/c13-9-2-1-8(11(14)3-9)5-17-12-7-16-10(4-15)6-18-12/h1-3,6-7H,5H2,(H,17,18). The van der Waals surface area contributed by atoms with E-state index in [4.69, 9.17) is 5.26 Å². The van der Waals surface area contributed by atoms with E-state index >= 15 is 0 Å². The maximum Gasteiger partial charge on any atom is 0.158 e. The molecule has 4 nitrogen and oxygen atoms in total. The highest BCUT2D eigenvalue weighted by Crippen LogP contribution is 2.11. The van der Waals surface area contributed by atoms with Crippen LogP contribution < -0.4 is 5.32 Å². The van der Waals surface area contributed by atoms with Crippen LogP contribution in [0.3, 0.4) is 0 Å². The number of benzene rings is 1. The van der Waals surface area contributed by atoms with Gasteiger partial charge in [-0.15, -0.1) is 0 Å². The first-order valence-corrected chi connectivity index (χ1v) is 5.09. The molecule has 0 amide bonds. The Morgan fingerprint density at radius 2 is 2.06 bits per heavy atom. The molecule has 18 heavy (non-hydrogen) atoms. The van der Waals surface area contributed by atoms with Gasteiger partial charge in [0.05, 0.1) is 12.4 Å². The van der Waals surface area contributed by atoms with Gasteiger partial charge in [0.1, 0.15) is 23.5 Å². The molecule has 0 spiro atoms. The molecule has 1 N–H and O–H groups in total. The molecule has 0 aliphatic heterocycles. The molecule has 0 aliphatic rings. The molecule has 2 rings (SSSR count). The lowest BCUT2D eigenvalue weighted by molar-refractivity contribution is 0.574. The SMILES string of the molecule is N#Cc1cnc(NCc2ccc(F)cc2F)cn1. The van der Waals surface area contributed by atoms with Crippen LogP contribution >= 0.6 is 0 Å². The number of rotatable bonds is 3. The van der Waals surface area contributed by atoms with Crippen molar-refractivity contribution in [2.75, 3.05) is 5.32 Å². The lowest BCUT2D eigenvalue weighted by atomic mass is 10.2. The molecule has 0 atom stereocenters. The summed E-state index contributed by atoms with van der Waals surface area (Å²) >= 11 is 0. The molecular formula is C12H8F2N4. The number of hydrogen-bond acceptors (Lipinski definition) is 4. The minimum absolute atomic E-state index is 0.159. The number of aromatic nitrogens is 2. The third kappa shape index (κ3) is 2.77. The van der Waals surface area contributed by atoms with Crippen LogP contribution in [-0.4, -0.2) is 9.97 Å². The van der Waals surface area contributed by atoms with Crippen LogP contribution in [0.1, 0.15) is 11.3 Å². The van der Waals surface area contributed by atoms with Gasteiger partial charge in [0.15, 0.2) is 5.69 Å². The maximum absolute atomic E-state index is 13.3. The Bertz CT molecular complexity index is 590. The predicted molar refractivity (Wildman–Crippen MR) is 60.4 cm³/mol. The van der Waals surface area contributed by atoms with Gasteiger partial charge in [0.2, 0.25) is 0 Å². The summed E-state index contributed by atoms with van der Waals surface area (Å²) in [6.45, 7) is 0.159. The van der Waals surface area contributed by atoms with Crippen molar-refractivity contribution in [2.45, 2.75) is 6.54 Å². The number of anilines is 1. The molecule has 0 bridgehead atoms. The van der Waals surface area contributed by atoms with E-state index in [1.807, 2.05) is 6.07 Å². The summed E-state index contributed by atoms with van der Waals surface area (Å²) in [7, 11) is 0. The van der Waals surface area contributed by atoms with Gasteiger partial charge in [-0.05, 0) is 6.07 Å². The summed E-state index contributed by atoms with van der Waals surface area (Å²) in [5.41, 5.74) is 0.524. The van der Waals surface area contributed by atoms with Crippen LogP contribution in [0, 0.1) is 23.0 Å². The maximum atomic E-state index is 13.3. The highest BCUT2D eigenvalue weighted by atomic mass is 19.1. The molecule has 1 heterocycles. The van der Waals surface area contributed by atoms with Gasteiger partial charge in [0, 0.05) is 18.2 Å². The van der Waals surface area contributed by atoms with Crippen LogP contribution in [0.4, 0.5) is 14.6 Å². The van der Waals surface area contributed by atoms with E-state index in [0.717, 1.165) is 6.07 Å².